The van der Waals surface area contributed by atoms with Crippen LogP contribution in [-0.2, 0) is 6.18 Å². The summed E-state index contributed by atoms with van der Waals surface area (Å²) in [6.07, 6.45) is -4.31. The van der Waals surface area contributed by atoms with Crippen molar-refractivity contribution in [1.29, 1.82) is 0 Å². The number of nitrogens with one attached hydrogen (secondary N) is 2. The molecule has 0 saturated heterocycles. The maximum Gasteiger partial charge on any atom is 0.418 e. The minimum Gasteiger partial charge on any atom is -0.383 e. The standard InChI is InChI=1S/C11H13F3N2/c1-7-5-15-9-4-2-3-8(11(12,13)14)10(9)16-6-7/h2-4,7,15-16H,5-6H2,1H3. The average molecular weight is 230 g/mol. The molecule has 1 heterocycles. The summed E-state index contributed by atoms with van der Waals surface area (Å²) >= 11 is 0. The second-order valence-electron chi connectivity index (χ2n) is 4.09. The van der Waals surface area contributed by atoms with Gasteiger partial charge >= 0.3 is 6.18 Å². The van der Waals surface area contributed by atoms with Crippen molar-refractivity contribution in [3.8, 4) is 0 Å². The number of hydrogen-bond acceptors (Lipinski definition) is 2. The second-order valence-corrected chi connectivity index (χ2v) is 4.09. The molecule has 88 valence electrons. The van der Waals surface area contributed by atoms with Gasteiger partial charge in [0.1, 0.15) is 0 Å². The summed E-state index contributed by atoms with van der Waals surface area (Å²) in [6, 6.07) is 4.19. The predicted molar refractivity (Wildman–Crippen MR) is 57.6 cm³/mol. The molecule has 1 atom stereocenters. The summed E-state index contributed by atoms with van der Waals surface area (Å²) in [4.78, 5) is 0. The normalized spacial score (nSPS) is 20.4. The van der Waals surface area contributed by atoms with E-state index in [2.05, 4.69) is 10.6 Å². The van der Waals surface area contributed by atoms with Gasteiger partial charge in [0.2, 0.25) is 0 Å². The summed E-state index contributed by atoms with van der Waals surface area (Å²) in [7, 11) is 0. The molecule has 0 saturated carbocycles. The molecule has 0 fully saturated rings. The van der Waals surface area contributed by atoms with E-state index in [1.165, 1.54) is 6.07 Å². The highest BCUT2D eigenvalue weighted by Crippen LogP contribution is 2.39. The Balaban J connectivity index is 2.44. The Kier molecular flexibility index (Phi) is 2.69. The molecule has 5 heteroatoms. The van der Waals surface area contributed by atoms with Crippen molar-refractivity contribution in [2.24, 2.45) is 5.92 Å². The minimum atomic E-state index is -4.31. The van der Waals surface area contributed by atoms with Crippen molar-refractivity contribution < 1.29 is 13.2 Å². The van der Waals surface area contributed by atoms with Gasteiger partial charge in [0, 0.05) is 13.1 Å². The Bertz CT molecular complexity index is 387. The zero-order chi connectivity index (χ0) is 11.8. The summed E-state index contributed by atoms with van der Waals surface area (Å²) in [5.74, 6) is 0.300. The largest absolute Gasteiger partial charge is 0.418 e. The van der Waals surface area contributed by atoms with E-state index in [0.717, 1.165) is 6.07 Å². The molecule has 1 aliphatic rings. The van der Waals surface area contributed by atoms with Crippen LogP contribution in [0.2, 0.25) is 0 Å². The fraction of sp³-hybridized carbons (Fsp3) is 0.455. The van der Waals surface area contributed by atoms with Gasteiger partial charge in [-0.2, -0.15) is 13.2 Å². The first-order chi connectivity index (χ1) is 7.48. The van der Waals surface area contributed by atoms with E-state index in [-0.39, 0.29) is 5.69 Å². The number of para-hydroxylation sites is 1. The van der Waals surface area contributed by atoms with Crippen molar-refractivity contribution in [2.45, 2.75) is 13.1 Å². The van der Waals surface area contributed by atoms with Crippen LogP contribution < -0.4 is 10.6 Å². The molecule has 0 aromatic heterocycles. The van der Waals surface area contributed by atoms with Gasteiger partial charge in [0.15, 0.2) is 0 Å². The summed E-state index contributed by atoms with van der Waals surface area (Å²) in [6.45, 7) is 3.22. The highest BCUT2D eigenvalue weighted by molar-refractivity contribution is 5.74. The Labute approximate surface area is 91.8 Å². The van der Waals surface area contributed by atoms with Crippen LogP contribution in [0.1, 0.15) is 12.5 Å². The number of halogens is 3. The molecular weight excluding hydrogens is 217 g/mol. The Hall–Kier alpha value is -1.39. The third kappa shape index (κ3) is 2.08. The van der Waals surface area contributed by atoms with E-state index < -0.39 is 11.7 Å². The van der Waals surface area contributed by atoms with Crippen LogP contribution in [0.15, 0.2) is 18.2 Å². The van der Waals surface area contributed by atoms with Crippen LogP contribution in [0.4, 0.5) is 24.5 Å². The number of alkyl halides is 3. The number of hydrogen-bond donors (Lipinski definition) is 2. The van der Waals surface area contributed by atoms with Gasteiger partial charge in [-0.15, -0.1) is 0 Å². The molecule has 1 aromatic carbocycles. The molecule has 0 spiro atoms. The van der Waals surface area contributed by atoms with Gasteiger partial charge < -0.3 is 10.6 Å². The molecule has 1 aromatic rings. The Morgan fingerprint density at radius 3 is 2.56 bits per heavy atom. The molecule has 0 bridgehead atoms. The second kappa shape index (κ2) is 3.88. The summed E-state index contributed by atoms with van der Waals surface area (Å²) in [5.41, 5.74) is 0.0881. The lowest BCUT2D eigenvalue weighted by molar-refractivity contribution is -0.136. The molecule has 2 rings (SSSR count). The van der Waals surface area contributed by atoms with Gasteiger partial charge in [0.25, 0.3) is 0 Å². The zero-order valence-electron chi connectivity index (χ0n) is 8.86. The maximum atomic E-state index is 12.7. The molecule has 0 amide bonds. The molecule has 2 N–H and O–H groups in total. The third-order valence-corrected chi connectivity index (χ3v) is 2.64. The number of rotatable bonds is 0. The van der Waals surface area contributed by atoms with Crippen LogP contribution in [-0.4, -0.2) is 13.1 Å². The smallest absolute Gasteiger partial charge is 0.383 e. The third-order valence-electron chi connectivity index (χ3n) is 2.64. The lowest BCUT2D eigenvalue weighted by Crippen LogP contribution is -2.15. The van der Waals surface area contributed by atoms with Crippen LogP contribution >= 0.6 is 0 Å². The minimum absolute atomic E-state index is 0.166. The molecule has 2 nitrogen and oxygen atoms in total. The first-order valence-corrected chi connectivity index (χ1v) is 5.16. The van der Waals surface area contributed by atoms with E-state index in [1.807, 2.05) is 6.92 Å². The van der Waals surface area contributed by atoms with Gasteiger partial charge in [-0.3, -0.25) is 0 Å². The van der Waals surface area contributed by atoms with Crippen LogP contribution in [0.3, 0.4) is 0 Å². The highest BCUT2D eigenvalue weighted by atomic mass is 19.4. The van der Waals surface area contributed by atoms with Crippen LogP contribution in [0, 0.1) is 5.92 Å². The van der Waals surface area contributed by atoms with Crippen molar-refractivity contribution >= 4 is 11.4 Å². The fourth-order valence-corrected chi connectivity index (χ4v) is 1.76. The topological polar surface area (TPSA) is 24.1 Å². The molecular formula is C11H13F3N2. The van der Waals surface area contributed by atoms with E-state index >= 15 is 0 Å². The van der Waals surface area contributed by atoms with Crippen molar-refractivity contribution in [2.75, 3.05) is 23.7 Å². The van der Waals surface area contributed by atoms with Crippen LogP contribution in [0.5, 0.6) is 0 Å². The Morgan fingerprint density at radius 1 is 1.19 bits per heavy atom. The Morgan fingerprint density at radius 2 is 1.88 bits per heavy atom. The van der Waals surface area contributed by atoms with E-state index in [1.54, 1.807) is 6.07 Å². The van der Waals surface area contributed by atoms with Crippen molar-refractivity contribution in [1.82, 2.24) is 0 Å². The van der Waals surface area contributed by atoms with Gasteiger partial charge in [-0.25, -0.2) is 0 Å². The number of benzene rings is 1. The molecule has 1 unspecified atom stereocenters. The average Bonchev–Trinajstić information content (AvgIpc) is 2.39. The molecule has 0 aliphatic carbocycles. The SMILES string of the molecule is CC1CNc2cccc(C(F)(F)F)c2NC1. The van der Waals surface area contributed by atoms with Crippen molar-refractivity contribution in [3.05, 3.63) is 23.8 Å². The van der Waals surface area contributed by atoms with Gasteiger partial charge in [0.05, 0.1) is 16.9 Å². The first kappa shape index (κ1) is 11.1. The van der Waals surface area contributed by atoms with Crippen molar-refractivity contribution in [3.63, 3.8) is 0 Å². The highest BCUT2D eigenvalue weighted by Gasteiger charge is 2.34. The maximum absolute atomic E-state index is 12.7. The molecule has 16 heavy (non-hydrogen) atoms. The molecule has 0 radical (unpaired) electrons. The number of fused-ring (bicyclic) bond motifs is 1. The van der Waals surface area contributed by atoms with E-state index in [9.17, 15) is 13.2 Å². The molecule has 1 aliphatic heterocycles. The zero-order valence-corrected chi connectivity index (χ0v) is 8.86. The van der Waals surface area contributed by atoms with E-state index in [0.29, 0.717) is 24.7 Å². The summed E-state index contributed by atoms with van der Waals surface area (Å²) < 4.78 is 38.2. The quantitative estimate of drug-likeness (QED) is 0.715. The number of anilines is 2. The first-order valence-electron chi connectivity index (χ1n) is 5.16. The summed E-state index contributed by atoms with van der Waals surface area (Å²) in [5, 5.41) is 5.89. The predicted octanol–water partition coefficient (Wildman–Crippen LogP) is 3.18. The lowest BCUT2D eigenvalue weighted by atomic mass is 10.1. The van der Waals surface area contributed by atoms with E-state index in [4.69, 9.17) is 0 Å². The lowest BCUT2D eigenvalue weighted by Gasteiger charge is -2.15. The van der Waals surface area contributed by atoms with Gasteiger partial charge in [-0.05, 0) is 18.1 Å². The fourth-order valence-electron chi connectivity index (χ4n) is 1.76. The van der Waals surface area contributed by atoms with Gasteiger partial charge in [-0.1, -0.05) is 13.0 Å². The monoisotopic (exact) mass is 230 g/mol. The van der Waals surface area contributed by atoms with Crippen LogP contribution in [0.25, 0.3) is 0 Å².